The molecule has 4 saturated carbocycles. The maximum Gasteiger partial charge on any atom is 0.331 e. The molecule has 5 aliphatic carbocycles. The van der Waals surface area contributed by atoms with Gasteiger partial charge in [-0.1, -0.05) is 19.1 Å². The van der Waals surface area contributed by atoms with E-state index in [4.69, 9.17) is 4.74 Å². The van der Waals surface area contributed by atoms with Crippen LogP contribution in [0.25, 0.3) is 0 Å². The summed E-state index contributed by atoms with van der Waals surface area (Å²) in [5, 5.41) is 0. The Bertz CT molecular complexity index is 819. The Balaban J connectivity index is 1.41. The lowest BCUT2D eigenvalue weighted by molar-refractivity contribution is -0.167. The van der Waals surface area contributed by atoms with Crippen molar-refractivity contribution in [2.24, 2.45) is 40.9 Å². The van der Waals surface area contributed by atoms with Crippen LogP contribution in [-0.4, -0.2) is 17.4 Å². The van der Waals surface area contributed by atoms with Crippen LogP contribution in [0, 0.1) is 40.9 Å². The van der Waals surface area contributed by atoms with Gasteiger partial charge in [-0.3, -0.25) is 4.79 Å². The fourth-order valence-electron chi connectivity index (χ4n) is 8.09. The first-order chi connectivity index (χ1) is 12.4. The van der Waals surface area contributed by atoms with Crippen LogP contribution in [0.1, 0.15) is 45.4 Å². The lowest BCUT2D eigenvalue weighted by atomic mass is 9.48. The van der Waals surface area contributed by atoms with Crippen LogP contribution in [0.4, 0.5) is 0 Å². The minimum atomic E-state index is -0.343. The van der Waals surface area contributed by atoms with Gasteiger partial charge in [0.15, 0.2) is 5.78 Å². The SMILES string of the molecule is C=C1CC2C(CC[C@@]3(C)C2[C@@H]2C[C@@H]2[C@@]32C=CC(=O)O2)[C@H]2CCC(=O)C=C12. The quantitative estimate of drug-likeness (QED) is 0.620. The van der Waals surface area contributed by atoms with Gasteiger partial charge in [0.25, 0.3) is 0 Å². The molecule has 3 unspecified atom stereocenters. The normalized spacial score (nSPS) is 53.6. The highest BCUT2D eigenvalue weighted by Gasteiger charge is 2.77. The summed E-state index contributed by atoms with van der Waals surface area (Å²) in [6, 6.07) is 0. The van der Waals surface area contributed by atoms with E-state index in [0.29, 0.717) is 41.9 Å². The predicted octanol–water partition coefficient (Wildman–Crippen LogP) is 4.00. The smallest absolute Gasteiger partial charge is 0.331 e. The topological polar surface area (TPSA) is 43.4 Å². The van der Waals surface area contributed by atoms with E-state index < -0.39 is 0 Å². The van der Waals surface area contributed by atoms with Crippen LogP contribution >= 0.6 is 0 Å². The van der Waals surface area contributed by atoms with Crippen molar-refractivity contribution in [2.45, 2.75) is 51.0 Å². The maximum atomic E-state index is 12.0. The molecule has 0 aromatic rings. The van der Waals surface area contributed by atoms with Crippen LogP contribution in [0.5, 0.6) is 0 Å². The Kier molecular flexibility index (Phi) is 2.73. The first-order valence-electron chi connectivity index (χ1n) is 10.3. The minimum Gasteiger partial charge on any atom is -0.451 e. The lowest BCUT2D eigenvalue weighted by Crippen LogP contribution is -2.55. The molecule has 0 radical (unpaired) electrons. The Labute approximate surface area is 154 Å². The molecule has 0 aromatic heterocycles. The Hall–Kier alpha value is -1.64. The summed E-state index contributed by atoms with van der Waals surface area (Å²) >= 11 is 0. The van der Waals surface area contributed by atoms with Gasteiger partial charge in [-0.25, -0.2) is 4.79 Å². The van der Waals surface area contributed by atoms with Crippen molar-refractivity contribution in [1.82, 2.24) is 0 Å². The fourth-order valence-corrected chi connectivity index (χ4v) is 8.09. The van der Waals surface area contributed by atoms with Crippen molar-refractivity contribution in [3.8, 4) is 0 Å². The highest BCUT2D eigenvalue weighted by atomic mass is 16.6. The molecule has 8 atom stereocenters. The van der Waals surface area contributed by atoms with E-state index in [1.807, 2.05) is 6.08 Å². The van der Waals surface area contributed by atoms with Crippen molar-refractivity contribution < 1.29 is 14.3 Å². The molecule has 4 fully saturated rings. The van der Waals surface area contributed by atoms with Gasteiger partial charge in [0.2, 0.25) is 0 Å². The molecular formula is C23H26O3. The van der Waals surface area contributed by atoms with E-state index in [2.05, 4.69) is 19.6 Å². The summed E-state index contributed by atoms with van der Waals surface area (Å²) < 4.78 is 6.03. The number of allylic oxidation sites excluding steroid dienone is 2. The summed E-state index contributed by atoms with van der Waals surface area (Å²) in [6.07, 6.45) is 11.9. The molecule has 3 heteroatoms. The fraction of sp³-hybridized carbons (Fsp3) is 0.652. The third-order valence-corrected chi connectivity index (χ3v) is 9.05. The van der Waals surface area contributed by atoms with Crippen LogP contribution in [0.3, 0.4) is 0 Å². The third kappa shape index (κ3) is 1.62. The number of ketones is 1. The molecule has 1 aliphatic heterocycles. The number of carbonyl (C=O) groups is 2. The third-order valence-electron chi connectivity index (χ3n) is 9.05. The Morgan fingerprint density at radius 2 is 2.04 bits per heavy atom. The number of ether oxygens (including phenoxy) is 1. The number of carbonyl (C=O) groups excluding carboxylic acids is 2. The van der Waals surface area contributed by atoms with Gasteiger partial charge in [0, 0.05) is 23.8 Å². The summed E-state index contributed by atoms with van der Waals surface area (Å²) in [4.78, 5) is 23.9. The molecule has 0 bridgehead atoms. The van der Waals surface area contributed by atoms with Crippen molar-refractivity contribution in [3.63, 3.8) is 0 Å². The zero-order valence-corrected chi connectivity index (χ0v) is 15.4. The number of hydrogen-bond donors (Lipinski definition) is 0. The monoisotopic (exact) mass is 350 g/mol. The van der Waals surface area contributed by atoms with Crippen LogP contribution in [-0.2, 0) is 14.3 Å². The molecule has 6 rings (SSSR count). The van der Waals surface area contributed by atoms with E-state index in [9.17, 15) is 9.59 Å². The van der Waals surface area contributed by atoms with E-state index in [-0.39, 0.29) is 22.8 Å². The molecular weight excluding hydrogens is 324 g/mol. The van der Waals surface area contributed by atoms with Crippen molar-refractivity contribution in [1.29, 1.82) is 0 Å². The average Bonchev–Trinajstić information content (AvgIpc) is 3.24. The Morgan fingerprint density at radius 1 is 1.19 bits per heavy atom. The van der Waals surface area contributed by atoms with Crippen molar-refractivity contribution >= 4 is 11.8 Å². The Morgan fingerprint density at radius 3 is 2.81 bits per heavy atom. The lowest BCUT2D eigenvalue weighted by Gasteiger charge is -2.57. The average molecular weight is 350 g/mol. The maximum absolute atomic E-state index is 12.0. The van der Waals surface area contributed by atoms with Crippen molar-refractivity contribution in [3.05, 3.63) is 36.0 Å². The first kappa shape index (κ1) is 15.4. The van der Waals surface area contributed by atoms with Gasteiger partial charge in [-0.15, -0.1) is 0 Å². The second-order valence-corrected chi connectivity index (χ2v) is 9.88. The largest absolute Gasteiger partial charge is 0.451 e. The molecule has 1 spiro atoms. The van der Waals surface area contributed by atoms with Gasteiger partial charge in [-0.2, -0.15) is 0 Å². The van der Waals surface area contributed by atoms with Gasteiger partial charge in [0.1, 0.15) is 5.60 Å². The minimum absolute atomic E-state index is 0.0659. The number of esters is 1. The molecule has 26 heavy (non-hydrogen) atoms. The van der Waals surface area contributed by atoms with Crippen LogP contribution in [0.15, 0.2) is 36.0 Å². The summed E-state index contributed by atoms with van der Waals surface area (Å²) in [5.74, 6) is 3.82. The van der Waals surface area contributed by atoms with E-state index in [1.54, 1.807) is 6.08 Å². The van der Waals surface area contributed by atoms with Gasteiger partial charge in [-0.05, 0) is 79.4 Å². The zero-order valence-electron chi connectivity index (χ0n) is 15.4. The highest BCUT2D eigenvalue weighted by molar-refractivity contribution is 5.92. The summed E-state index contributed by atoms with van der Waals surface area (Å²) in [7, 11) is 0. The molecule has 136 valence electrons. The predicted molar refractivity (Wildman–Crippen MR) is 96.9 cm³/mol. The summed E-state index contributed by atoms with van der Waals surface area (Å²) in [5.41, 5.74) is 2.19. The van der Waals surface area contributed by atoms with Gasteiger partial charge >= 0.3 is 5.97 Å². The zero-order chi connectivity index (χ0) is 17.8. The number of rotatable bonds is 0. The van der Waals surface area contributed by atoms with Gasteiger partial charge in [0.05, 0.1) is 0 Å². The number of hydrogen-bond acceptors (Lipinski definition) is 3. The first-order valence-corrected chi connectivity index (χ1v) is 10.3. The van der Waals surface area contributed by atoms with E-state index in [0.717, 1.165) is 19.3 Å². The second-order valence-electron chi connectivity index (χ2n) is 9.88. The molecule has 0 amide bonds. The molecule has 3 nitrogen and oxygen atoms in total. The van der Waals surface area contributed by atoms with Crippen LogP contribution in [0.2, 0.25) is 0 Å². The molecule has 0 aromatic carbocycles. The van der Waals surface area contributed by atoms with Crippen LogP contribution < -0.4 is 0 Å². The van der Waals surface area contributed by atoms with Gasteiger partial charge < -0.3 is 4.74 Å². The van der Waals surface area contributed by atoms with E-state index >= 15 is 0 Å². The molecule has 0 N–H and O–H groups in total. The van der Waals surface area contributed by atoms with Crippen molar-refractivity contribution in [2.75, 3.05) is 0 Å². The highest BCUT2D eigenvalue weighted by Crippen LogP contribution is 2.77. The molecule has 0 saturated heterocycles. The second kappa shape index (κ2) is 4.61. The number of fused-ring (bicyclic) bond motifs is 9. The standard InChI is InChI=1S/C23H26O3/c1-12-9-17-15(14-4-3-13(24)10-16(12)14)5-7-22(2)21(17)18-11-19(18)23(22)8-6-20(25)26-23/h6,8,10,14-15,17-19,21H,1,3-5,7,9,11H2,2H3/t14-,15?,17?,18-,19+,21?,22+,23+/m1/s1. The molecule has 1 heterocycles. The van der Waals surface area contributed by atoms with E-state index in [1.165, 1.54) is 24.0 Å². The summed E-state index contributed by atoms with van der Waals surface area (Å²) in [6.45, 7) is 6.77. The molecule has 6 aliphatic rings.